The number of carbonyl (C=O) groups excluding carboxylic acids is 1. The third-order valence-corrected chi connectivity index (χ3v) is 3.00. The van der Waals surface area contributed by atoms with E-state index >= 15 is 0 Å². The molecule has 106 valence electrons. The molecule has 5 nitrogen and oxygen atoms in total. The number of rotatable bonds is 1. The maximum absolute atomic E-state index is 12.3. The molecule has 1 amide bonds. The molecule has 0 bridgehead atoms. The summed E-state index contributed by atoms with van der Waals surface area (Å²) < 4.78 is 5.61. The summed E-state index contributed by atoms with van der Waals surface area (Å²) in [4.78, 5) is 18.3. The summed E-state index contributed by atoms with van der Waals surface area (Å²) in [6, 6.07) is 3.39. The molecule has 0 aliphatic carbocycles. The molecular weight excluding hydrogens is 256 g/mol. The summed E-state index contributed by atoms with van der Waals surface area (Å²) >= 11 is 0. The van der Waals surface area contributed by atoms with Crippen molar-refractivity contribution in [2.24, 2.45) is 0 Å². The highest BCUT2D eigenvalue weighted by Crippen LogP contribution is 2.13. The number of aromatic nitrogens is 1. The van der Waals surface area contributed by atoms with Gasteiger partial charge < -0.3 is 14.7 Å². The second kappa shape index (κ2) is 6.51. The maximum Gasteiger partial charge on any atom is 0.272 e. The van der Waals surface area contributed by atoms with E-state index in [-0.39, 0.29) is 24.7 Å². The normalized spacial score (nSPS) is 22.1. The third kappa shape index (κ3) is 3.56. The summed E-state index contributed by atoms with van der Waals surface area (Å²) in [6.07, 6.45) is 1.62. The molecule has 1 aromatic heterocycles. The molecule has 2 heterocycles. The monoisotopic (exact) mass is 274 g/mol. The van der Waals surface area contributed by atoms with E-state index in [9.17, 15) is 4.79 Å². The average molecular weight is 274 g/mol. The van der Waals surface area contributed by atoms with Gasteiger partial charge in [-0.15, -0.1) is 0 Å². The molecule has 2 atom stereocenters. The Labute approximate surface area is 118 Å². The average Bonchev–Trinajstić information content (AvgIpc) is 2.44. The molecule has 0 aromatic carbocycles. The van der Waals surface area contributed by atoms with E-state index in [0.717, 1.165) is 0 Å². The molecule has 0 spiro atoms. The van der Waals surface area contributed by atoms with Crippen molar-refractivity contribution < 1.29 is 14.6 Å². The van der Waals surface area contributed by atoms with E-state index < -0.39 is 0 Å². The van der Waals surface area contributed by atoms with E-state index in [2.05, 4.69) is 16.8 Å². The van der Waals surface area contributed by atoms with E-state index in [1.54, 1.807) is 23.2 Å². The van der Waals surface area contributed by atoms with Gasteiger partial charge in [0.1, 0.15) is 12.3 Å². The molecule has 1 aliphatic heterocycles. The van der Waals surface area contributed by atoms with Crippen molar-refractivity contribution in [2.45, 2.75) is 26.1 Å². The fourth-order valence-corrected chi connectivity index (χ4v) is 2.24. The van der Waals surface area contributed by atoms with Crippen LogP contribution in [0.25, 0.3) is 0 Å². The van der Waals surface area contributed by atoms with Crippen LogP contribution in [-0.4, -0.2) is 52.8 Å². The lowest BCUT2D eigenvalue weighted by molar-refractivity contribution is -0.0587. The quantitative estimate of drug-likeness (QED) is 0.765. The Morgan fingerprint density at radius 3 is 2.70 bits per heavy atom. The van der Waals surface area contributed by atoms with Gasteiger partial charge in [0, 0.05) is 24.8 Å². The second-order valence-electron chi connectivity index (χ2n) is 4.86. The van der Waals surface area contributed by atoms with Crippen molar-refractivity contribution in [2.75, 3.05) is 19.7 Å². The van der Waals surface area contributed by atoms with E-state index in [1.165, 1.54) is 0 Å². The van der Waals surface area contributed by atoms with Gasteiger partial charge in [-0.3, -0.25) is 4.79 Å². The first kappa shape index (κ1) is 14.5. The Kier molecular flexibility index (Phi) is 4.72. The molecule has 0 unspecified atom stereocenters. The largest absolute Gasteiger partial charge is 0.384 e. The number of amides is 1. The van der Waals surface area contributed by atoms with Gasteiger partial charge in [-0.05, 0) is 26.0 Å². The highest BCUT2D eigenvalue weighted by molar-refractivity contribution is 5.92. The number of ether oxygens (including phenoxy) is 1. The van der Waals surface area contributed by atoms with Crippen LogP contribution in [0, 0.1) is 11.8 Å². The summed E-state index contributed by atoms with van der Waals surface area (Å²) in [7, 11) is 0. The van der Waals surface area contributed by atoms with Crippen LogP contribution < -0.4 is 0 Å². The van der Waals surface area contributed by atoms with Gasteiger partial charge in [-0.1, -0.05) is 11.8 Å². The number of aliphatic hydroxyl groups excluding tert-OH is 1. The molecule has 2 rings (SSSR count). The van der Waals surface area contributed by atoms with Crippen molar-refractivity contribution in [1.29, 1.82) is 0 Å². The van der Waals surface area contributed by atoms with Crippen molar-refractivity contribution in [1.82, 2.24) is 9.88 Å². The lowest BCUT2D eigenvalue weighted by Crippen LogP contribution is -2.48. The lowest BCUT2D eigenvalue weighted by atomic mass is 10.2. The summed E-state index contributed by atoms with van der Waals surface area (Å²) in [5, 5.41) is 8.62. The first-order valence-corrected chi connectivity index (χ1v) is 6.60. The second-order valence-corrected chi connectivity index (χ2v) is 4.86. The molecule has 20 heavy (non-hydrogen) atoms. The fourth-order valence-electron chi connectivity index (χ4n) is 2.24. The Balaban J connectivity index is 2.09. The highest BCUT2D eigenvalue weighted by Gasteiger charge is 2.27. The number of hydrogen-bond donors (Lipinski definition) is 1. The van der Waals surface area contributed by atoms with Gasteiger partial charge in [0.25, 0.3) is 5.91 Å². The topological polar surface area (TPSA) is 62.7 Å². The van der Waals surface area contributed by atoms with Gasteiger partial charge in [-0.2, -0.15) is 0 Å². The van der Waals surface area contributed by atoms with Crippen LogP contribution in [0.2, 0.25) is 0 Å². The first-order chi connectivity index (χ1) is 9.60. The number of morpholine rings is 1. The molecule has 0 saturated carbocycles. The predicted octanol–water partition coefficient (Wildman–Crippen LogP) is 0.675. The van der Waals surface area contributed by atoms with Gasteiger partial charge in [0.15, 0.2) is 0 Å². The summed E-state index contributed by atoms with van der Waals surface area (Å²) in [5.74, 6) is 5.20. The number of carbonyl (C=O) groups is 1. The minimum atomic E-state index is -0.190. The van der Waals surface area contributed by atoms with Crippen molar-refractivity contribution >= 4 is 5.91 Å². The van der Waals surface area contributed by atoms with Crippen molar-refractivity contribution in [3.8, 4) is 11.8 Å². The zero-order valence-corrected chi connectivity index (χ0v) is 11.7. The Morgan fingerprint density at radius 2 is 2.15 bits per heavy atom. The third-order valence-electron chi connectivity index (χ3n) is 3.00. The summed E-state index contributed by atoms with van der Waals surface area (Å²) in [6.45, 7) is 4.88. The zero-order chi connectivity index (χ0) is 14.5. The van der Waals surface area contributed by atoms with Crippen LogP contribution in [0.4, 0.5) is 0 Å². The van der Waals surface area contributed by atoms with Gasteiger partial charge >= 0.3 is 0 Å². The zero-order valence-electron chi connectivity index (χ0n) is 11.7. The van der Waals surface area contributed by atoms with Gasteiger partial charge in [0.05, 0.1) is 12.2 Å². The van der Waals surface area contributed by atoms with Crippen LogP contribution in [-0.2, 0) is 4.74 Å². The molecule has 1 N–H and O–H groups in total. The highest BCUT2D eigenvalue weighted by atomic mass is 16.5. The van der Waals surface area contributed by atoms with Crippen LogP contribution in [0.3, 0.4) is 0 Å². The molecule has 1 aliphatic rings. The number of pyridine rings is 1. The van der Waals surface area contributed by atoms with Crippen molar-refractivity contribution in [3.05, 3.63) is 29.6 Å². The van der Waals surface area contributed by atoms with Crippen molar-refractivity contribution in [3.63, 3.8) is 0 Å². The number of hydrogen-bond acceptors (Lipinski definition) is 4. The van der Waals surface area contributed by atoms with E-state index in [0.29, 0.717) is 24.3 Å². The maximum atomic E-state index is 12.3. The van der Waals surface area contributed by atoms with E-state index in [4.69, 9.17) is 9.84 Å². The van der Waals surface area contributed by atoms with E-state index in [1.807, 2.05) is 13.8 Å². The SMILES string of the molecule is C[C@@H]1CN(C(=O)c2ccc(C#CCO)cn2)C[C@H](C)O1. The Bertz CT molecular complexity index is 520. The fraction of sp³-hybridized carbons (Fsp3) is 0.467. The standard InChI is InChI=1S/C15H18N2O3/c1-11-9-17(10-12(2)20-11)15(19)14-6-5-13(8-16-14)4-3-7-18/h5-6,8,11-12,18H,7,9-10H2,1-2H3/t11-,12+. The Hall–Kier alpha value is -1.90. The number of aliphatic hydroxyl groups is 1. The minimum Gasteiger partial charge on any atom is -0.384 e. The van der Waals surface area contributed by atoms with Crippen LogP contribution in [0.15, 0.2) is 18.3 Å². The minimum absolute atomic E-state index is 0.0393. The predicted molar refractivity (Wildman–Crippen MR) is 74.1 cm³/mol. The van der Waals surface area contributed by atoms with Gasteiger partial charge in [0.2, 0.25) is 0 Å². The molecule has 1 fully saturated rings. The summed E-state index contributed by atoms with van der Waals surface area (Å²) in [5.41, 5.74) is 1.08. The Morgan fingerprint density at radius 1 is 1.45 bits per heavy atom. The van der Waals surface area contributed by atoms with Gasteiger partial charge in [-0.25, -0.2) is 4.98 Å². The smallest absolute Gasteiger partial charge is 0.272 e. The number of nitrogens with zero attached hydrogens (tertiary/aromatic N) is 2. The molecule has 1 aromatic rings. The van der Waals surface area contributed by atoms with Crippen LogP contribution >= 0.6 is 0 Å². The van der Waals surface area contributed by atoms with Crippen LogP contribution in [0.5, 0.6) is 0 Å². The molecular formula is C15H18N2O3. The lowest BCUT2D eigenvalue weighted by Gasteiger charge is -2.35. The van der Waals surface area contributed by atoms with Crippen LogP contribution in [0.1, 0.15) is 29.9 Å². The first-order valence-electron chi connectivity index (χ1n) is 6.60. The molecule has 0 radical (unpaired) electrons. The molecule has 5 heteroatoms. The molecule has 1 saturated heterocycles.